The Kier molecular flexibility index (Phi) is 21.6. The molecule has 0 fully saturated rings. The summed E-state index contributed by atoms with van der Waals surface area (Å²) in [6.45, 7) is 35.9. The maximum absolute atomic E-state index is 2.38. The Morgan fingerprint density at radius 3 is 1.15 bits per heavy atom. The van der Waals surface area contributed by atoms with Gasteiger partial charge in [0, 0.05) is 92.3 Å². The monoisotopic (exact) mass is 1220 g/mol. The molecule has 8 aromatic carbocycles. The third-order valence-corrected chi connectivity index (χ3v) is 18.2. The van der Waals surface area contributed by atoms with Crippen molar-refractivity contribution in [2.45, 2.75) is 136 Å². The predicted molar refractivity (Wildman–Crippen MR) is 394 cm³/mol. The zero-order valence-corrected chi connectivity index (χ0v) is 59.4. The van der Waals surface area contributed by atoms with Crippen molar-refractivity contribution < 1.29 is 18.3 Å². The molecule has 0 aliphatic rings. The Labute approximate surface area is 553 Å². The Morgan fingerprint density at radius 2 is 0.696 bits per heavy atom. The summed E-state index contributed by atoms with van der Waals surface area (Å²) in [5.74, 6) is 2.04. The molecule has 0 saturated carbocycles. The highest BCUT2D eigenvalue weighted by atomic mass is 15.0. The van der Waals surface area contributed by atoms with Gasteiger partial charge in [0.2, 0.25) is 44.8 Å². The van der Waals surface area contributed by atoms with Crippen LogP contribution in [0.4, 0.5) is 0 Å². The lowest BCUT2D eigenvalue weighted by Gasteiger charge is -2.19. The van der Waals surface area contributed by atoms with Crippen LogP contribution in [-0.4, -0.2) is 0 Å². The van der Waals surface area contributed by atoms with Gasteiger partial charge in [-0.15, -0.1) is 0 Å². The SMILES string of the molecule is Cc1cc(C)c(C)c(-c2ccc3ccc(CC(C)C)cc3[n+]2C)c1.Cc1ccc(C)c(-c2ccc3ccc(CC(C)C)cc3[n+]2C)c1.Cc1ccccc1-c1cc(CC(C)(C)C)c2ccccc2[n+]1C.Cc1ccccc1-c1ccc2ccc(CC(C)C)cc2[n+]1C. The van der Waals surface area contributed by atoms with Gasteiger partial charge in [-0.1, -0.05) is 158 Å². The zero-order chi connectivity index (χ0) is 66.3. The lowest BCUT2D eigenvalue weighted by molar-refractivity contribution is -0.633. The standard InChI is InChI=1S/C23H28N.2C22H26N.C21H24N/c1-15(2)11-19-7-8-20-9-10-22(24(6)23(20)14-19)21-13-16(3)12-17(4)18(21)5;1-15(2)12-18-8-9-19-10-11-21(23(5)22(19)14-18)20-13-16(3)6-7-17(20)4;1-16-10-6-7-11-18(16)21-14-17(15-22(2,3)4)19-12-8-9-13-20(19)23(21)5;1-15(2)13-17-9-10-18-11-12-20(22(4)21(18)14-17)19-8-6-5-7-16(19)3/h7-10,12-15H,11H2,1-6H3;6-11,13-15H,12H2,1-5H3;6-14H,15H2,1-5H3;5-12,14-15H,13H2,1-4H3/q4*+1. The largest absolute Gasteiger partial charge is 0.213 e. The van der Waals surface area contributed by atoms with E-state index in [1.165, 1.54) is 150 Å². The van der Waals surface area contributed by atoms with Crippen LogP contribution in [0.3, 0.4) is 0 Å². The average Bonchev–Trinajstić information content (AvgIpc) is 0.801. The number of rotatable bonds is 11. The maximum atomic E-state index is 2.38. The van der Waals surface area contributed by atoms with Crippen LogP contribution in [0.5, 0.6) is 0 Å². The molecular formula is C88H104N4+4. The lowest BCUT2D eigenvalue weighted by atomic mass is 9.86. The molecule has 0 amide bonds. The van der Waals surface area contributed by atoms with Gasteiger partial charge in [0.05, 0.1) is 0 Å². The first-order chi connectivity index (χ1) is 43.7. The first-order valence-corrected chi connectivity index (χ1v) is 33.7. The lowest BCUT2D eigenvalue weighted by Crippen LogP contribution is -2.33. The number of hydrogen-bond acceptors (Lipinski definition) is 0. The number of pyridine rings is 4. The van der Waals surface area contributed by atoms with E-state index in [4.69, 9.17) is 0 Å². The number of hydrogen-bond donors (Lipinski definition) is 0. The molecule has 0 saturated heterocycles. The molecule has 0 radical (unpaired) electrons. The summed E-state index contributed by atoms with van der Waals surface area (Å²) in [6, 6.07) is 73.7. The van der Waals surface area contributed by atoms with Crippen LogP contribution < -0.4 is 18.3 Å². The van der Waals surface area contributed by atoms with Crippen LogP contribution in [0.1, 0.15) is 124 Å². The number of aromatic nitrogens is 4. The topological polar surface area (TPSA) is 15.5 Å². The van der Waals surface area contributed by atoms with Crippen LogP contribution in [0, 0.1) is 71.6 Å². The first-order valence-electron chi connectivity index (χ1n) is 33.7. The van der Waals surface area contributed by atoms with Crippen molar-refractivity contribution in [1.29, 1.82) is 0 Å². The average molecular weight is 1220 g/mol. The van der Waals surface area contributed by atoms with Crippen LogP contribution in [-0.2, 0) is 53.9 Å². The van der Waals surface area contributed by atoms with E-state index < -0.39 is 0 Å². The molecule has 0 aliphatic heterocycles. The minimum absolute atomic E-state index is 0.270. The van der Waals surface area contributed by atoms with Crippen molar-refractivity contribution in [2.75, 3.05) is 0 Å². The molecule has 4 aromatic heterocycles. The smallest absolute Gasteiger partial charge is 0.194 e. The third-order valence-electron chi connectivity index (χ3n) is 18.2. The van der Waals surface area contributed by atoms with Crippen molar-refractivity contribution in [3.05, 3.63) is 261 Å². The van der Waals surface area contributed by atoms with E-state index >= 15 is 0 Å². The number of nitrogens with zero attached hydrogens (tertiary/aromatic N) is 4. The van der Waals surface area contributed by atoms with Gasteiger partial charge in [-0.05, 0) is 214 Å². The van der Waals surface area contributed by atoms with Crippen molar-refractivity contribution in [3.8, 4) is 45.0 Å². The van der Waals surface area contributed by atoms with Crippen LogP contribution in [0.15, 0.2) is 200 Å². The van der Waals surface area contributed by atoms with Crippen LogP contribution >= 0.6 is 0 Å². The molecule has 4 heterocycles. The van der Waals surface area contributed by atoms with Gasteiger partial charge in [-0.25, -0.2) is 0 Å². The molecule has 0 unspecified atom stereocenters. The Balaban J connectivity index is 0.000000145. The first kappa shape index (κ1) is 67.8. The molecule has 4 heteroatoms. The van der Waals surface area contributed by atoms with E-state index in [1.54, 1.807) is 0 Å². The van der Waals surface area contributed by atoms with Crippen LogP contribution in [0.25, 0.3) is 88.6 Å². The molecule has 0 N–H and O–H groups in total. The van der Waals surface area contributed by atoms with Gasteiger partial charge in [-0.3, -0.25) is 0 Å². The fraction of sp³-hybridized carbons (Fsp3) is 0.318. The van der Waals surface area contributed by atoms with Gasteiger partial charge < -0.3 is 0 Å². The van der Waals surface area contributed by atoms with E-state index in [0.29, 0.717) is 17.8 Å². The molecular weight excluding hydrogens is 1110 g/mol. The van der Waals surface area contributed by atoms with Gasteiger partial charge in [-0.2, -0.15) is 18.3 Å². The fourth-order valence-corrected chi connectivity index (χ4v) is 13.4. The molecule has 4 nitrogen and oxygen atoms in total. The highest BCUT2D eigenvalue weighted by molar-refractivity contribution is 5.83. The summed E-state index contributed by atoms with van der Waals surface area (Å²) in [6.07, 6.45) is 4.46. The third kappa shape index (κ3) is 16.2. The van der Waals surface area contributed by atoms with E-state index in [1.807, 2.05) is 0 Å². The highest BCUT2D eigenvalue weighted by Gasteiger charge is 2.24. The van der Waals surface area contributed by atoms with Gasteiger partial charge in [0.15, 0.2) is 0 Å². The molecule has 0 spiro atoms. The summed E-state index contributed by atoms with van der Waals surface area (Å²) in [5.41, 5.74) is 30.9. The van der Waals surface area contributed by atoms with E-state index in [2.05, 4.69) is 357 Å². The maximum Gasteiger partial charge on any atom is 0.213 e. The molecule has 92 heavy (non-hydrogen) atoms. The van der Waals surface area contributed by atoms with Gasteiger partial charge >= 0.3 is 0 Å². The minimum atomic E-state index is 0.270. The predicted octanol–water partition coefficient (Wildman–Crippen LogP) is 20.7. The molecule has 0 bridgehead atoms. The van der Waals surface area contributed by atoms with E-state index in [-0.39, 0.29) is 5.41 Å². The Bertz CT molecular complexity index is 4610. The van der Waals surface area contributed by atoms with Crippen molar-refractivity contribution >= 4 is 43.6 Å². The second kappa shape index (κ2) is 29.3. The van der Waals surface area contributed by atoms with E-state index in [9.17, 15) is 0 Å². The molecule has 0 aliphatic carbocycles. The fourth-order valence-electron chi connectivity index (χ4n) is 13.4. The minimum Gasteiger partial charge on any atom is -0.194 e. The van der Waals surface area contributed by atoms with Crippen molar-refractivity contribution in [1.82, 2.24) is 0 Å². The van der Waals surface area contributed by atoms with Crippen LogP contribution in [0.2, 0.25) is 0 Å². The van der Waals surface area contributed by atoms with Gasteiger partial charge in [0.1, 0.15) is 28.2 Å². The molecule has 12 aromatic rings. The summed E-state index contributed by atoms with van der Waals surface area (Å²) >= 11 is 0. The molecule has 0 atom stereocenters. The Hall–Kier alpha value is -8.60. The second-order valence-corrected chi connectivity index (χ2v) is 28.9. The summed E-state index contributed by atoms with van der Waals surface area (Å²) in [7, 11) is 8.71. The molecule has 12 rings (SSSR count). The zero-order valence-electron chi connectivity index (χ0n) is 59.4. The quantitative estimate of drug-likeness (QED) is 0.115. The van der Waals surface area contributed by atoms with Crippen molar-refractivity contribution in [3.63, 3.8) is 0 Å². The molecule has 472 valence electrons. The summed E-state index contributed by atoms with van der Waals surface area (Å²) in [5, 5.41) is 5.26. The summed E-state index contributed by atoms with van der Waals surface area (Å²) in [4.78, 5) is 0. The second-order valence-electron chi connectivity index (χ2n) is 28.9. The number of benzene rings is 8. The highest BCUT2D eigenvalue weighted by Crippen LogP contribution is 2.32. The summed E-state index contributed by atoms with van der Waals surface area (Å²) < 4.78 is 9.33. The number of aryl methyl sites for hydroxylation is 10. The van der Waals surface area contributed by atoms with E-state index in [0.717, 1.165) is 25.7 Å². The number of fused-ring (bicyclic) bond motifs is 4. The van der Waals surface area contributed by atoms with Gasteiger partial charge in [0.25, 0.3) is 0 Å². The number of para-hydroxylation sites is 1. The van der Waals surface area contributed by atoms with Crippen molar-refractivity contribution in [2.24, 2.45) is 51.4 Å². The Morgan fingerprint density at radius 1 is 0.315 bits per heavy atom. The normalized spacial score (nSPS) is 11.5.